The molecule has 1 aliphatic heterocycles. The van der Waals surface area contributed by atoms with Crippen molar-refractivity contribution in [1.29, 1.82) is 0 Å². The minimum Gasteiger partial charge on any atom is -0.478 e. The number of likely N-dealkylation sites (tertiary alicyclic amines) is 1. The maximum atomic E-state index is 12.2. The minimum atomic E-state index is -0.945. The number of aromatic carboxylic acids is 1. The first-order chi connectivity index (χ1) is 9.66. The lowest BCUT2D eigenvalue weighted by Crippen LogP contribution is -2.30. The second-order valence-corrected chi connectivity index (χ2v) is 5.08. The van der Waals surface area contributed by atoms with Crippen molar-refractivity contribution in [2.75, 3.05) is 13.1 Å². The van der Waals surface area contributed by atoms with E-state index in [4.69, 9.17) is 5.11 Å². The zero-order chi connectivity index (χ0) is 14.1. The number of aromatic nitrogens is 1. The van der Waals surface area contributed by atoms with E-state index >= 15 is 0 Å². The smallest absolute Gasteiger partial charge is 0.336 e. The molecule has 2 aromatic rings. The van der Waals surface area contributed by atoms with Crippen LogP contribution in [-0.4, -0.2) is 39.5 Å². The quantitative estimate of drug-likeness (QED) is 0.929. The van der Waals surface area contributed by atoms with Crippen molar-refractivity contribution >= 4 is 22.8 Å². The molecule has 0 saturated carbocycles. The summed E-state index contributed by atoms with van der Waals surface area (Å²) in [6.07, 6.45) is 3.92. The SMILES string of the molecule is O=C(O)c1cccc2c1ccn2CC(=O)N1CCCC1. The number of nitrogens with zero attached hydrogens (tertiary/aromatic N) is 2. The van der Waals surface area contributed by atoms with Gasteiger partial charge in [-0.2, -0.15) is 0 Å². The number of hydrogen-bond acceptors (Lipinski definition) is 2. The maximum Gasteiger partial charge on any atom is 0.336 e. The fourth-order valence-corrected chi connectivity index (χ4v) is 2.76. The van der Waals surface area contributed by atoms with Crippen LogP contribution in [0, 0.1) is 0 Å². The molecule has 1 N–H and O–H groups in total. The molecular formula is C15H16N2O3. The molecular weight excluding hydrogens is 256 g/mol. The molecule has 0 aliphatic carbocycles. The summed E-state index contributed by atoms with van der Waals surface area (Å²) in [7, 11) is 0. The van der Waals surface area contributed by atoms with E-state index in [9.17, 15) is 9.59 Å². The summed E-state index contributed by atoms with van der Waals surface area (Å²) in [6.45, 7) is 1.93. The summed E-state index contributed by atoms with van der Waals surface area (Å²) in [5, 5.41) is 9.84. The highest BCUT2D eigenvalue weighted by atomic mass is 16.4. The fourth-order valence-electron chi connectivity index (χ4n) is 2.76. The number of benzene rings is 1. The van der Waals surface area contributed by atoms with Crippen molar-refractivity contribution in [3.05, 3.63) is 36.0 Å². The largest absolute Gasteiger partial charge is 0.478 e. The number of carboxylic acid groups (broad SMARTS) is 1. The monoisotopic (exact) mass is 272 g/mol. The lowest BCUT2D eigenvalue weighted by molar-refractivity contribution is -0.130. The highest BCUT2D eigenvalue weighted by Crippen LogP contribution is 2.21. The number of carbonyl (C=O) groups excluding carboxylic acids is 1. The third-order valence-corrected chi connectivity index (χ3v) is 3.81. The lowest BCUT2D eigenvalue weighted by atomic mass is 10.1. The van der Waals surface area contributed by atoms with Crippen molar-refractivity contribution in [3.8, 4) is 0 Å². The second kappa shape index (κ2) is 5.00. The van der Waals surface area contributed by atoms with Crippen LogP contribution in [0.2, 0.25) is 0 Å². The van der Waals surface area contributed by atoms with Crippen LogP contribution in [0.15, 0.2) is 30.5 Å². The van der Waals surface area contributed by atoms with E-state index in [-0.39, 0.29) is 18.0 Å². The molecule has 0 bridgehead atoms. The predicted octanol–water partition coefficient (Wildman–Crippen LogP) is 1.96. The number of carbonyl (C=O) groups is 2. The molecule has 0 spiro atoms. The molecule has 1 amide bonds. The van der Waals surface area contributed by atoms with Crippen LogP contribution in [0.4, 0.5) is 0 Å². The number of hydrogen-bond donors (Lipinski definition) is 1. The van der Waals surface area contributed by atoms with Crippen molar-refractivity contribution in [2.45, 2.75) is 19.4 Å². The molecule has 5 heteroatoms. The van der Waals surface area contributed by atoms with Gasteiger partial charge in [0.25, 0.3) is 0 Å². The molecule has 1 saturated heterocycles. The average molecular weight is 272 g/mol. The Morgan fingerprint density at radius 3 is 2.60 bits per heavy atom. The third-order valence-electron chi connectivity index (χ3n) is 3.81. The first-order valence-electron chi connectivity index (χ1n) is 6.76. The van der Waals surface area contributed by atoms with Crippen LogP contribution >= 0.6 is 0 Å². The van der Waals surface area contributed by atoms with Gasteiger partial charge in [0.05, 0.1) is 5.56 Å². The first kappa shape index (κ1) is 12.7. The Morgan fingerprint density at radius 2 is 1.90 bits per heavy atom. The van der Waals surface area contributed by atoms with Crippen molar-refractivity contribution < 1.29 is 14.7 Å². The van der Waals surface area contributed by atoms with E-state index in [0.717, 1.165) is 31.4 Å². The Balaban J connectivity index is 1.91. The standard InChI is InChI=1S/C15H16N2O3/c18-14(16-7-1-2-8-16)10-17-9-6-11-12(15(19)20)4-3-5-13(11)17/h3-6,9H,1-2,7-8,10H2,(H,19,20). The molecule has 1 fully saturated rings. The van der Waals surface area contributed by atoms with E-state index in [1.54, 1.807) is 24.4 Å². The summed E-state index contributed by atoms with van der Waals surface area (Å²) in [4.78, 5) is 25.2. The van der Waals surface area contributed by atoms with E-state index in [1.807, 2.05) is 15.5 Å². The van der Waals surface area contributed by atoms with Crippen molar-refractivity contribution in [1.82, 2.24) is 9.47 Å². The molecule has 104 valence electrons. The topological polar surface area (TPSA) is 62.5 Å². The van der Waals surface area contributed by atoms with Gasteiger partial charge in [0, 0.05) is 30.2 Å². The van der Waals surface area contributed by atoms with Crippen LogP contribution in [0.1, 0.15) is 23.2 Å². The van der Waals surface area contributed by atoms with Gasteiger partial charge in [-0.15, -0.1) is 0 Å². The van der Waals surface area contributed by atoms with Gasteiger partial charge in [-0.05, 0) is 31.0 Å². The molecule has 0 unspecified atom stereocenters. The Morgan fingerprint density at radius 1 is 1.15 bits per heavy atom. The second-order valence-electron chi connectivity index (χ2n) is 5.08. The molecule has 0 atom stereocenters. The number of fused-ring (bicyclic) bond motifs is 1. The van der Waals surface area contributed by atoms with Gasteiger partial charge in [-0.3, -0.25) is 4.79 Å². The maximum absolute atomic E-state index is 12.2. The summed E-state index contributed by atoms with van der Waals surface area (Å²) in [5.41, 5.74) is 1.06. The van der Waals surface area contributed by atoms with E-state index < -0.39 is 5.97 Å². The summed E-state index contributed by atoms with van der Waals surface area (Å²) < 4.78 is 1.82. The Labute approximate surface area is 116 Å². The van der Waals surface area contributed by atoms with Gasteiger partial charge in [0.1, 0.15) is 6.54 Å². The Hall–Kier alpha value is -2.30. The third kappa shape index (κ3) is 2.15. The zero-order valence-electron chi connectivity index (χ0n) is 11.1. The highest BCUT2D eigenvalue weighted by Gasteiger charge is 2.19. The van der Waals surface area contributed by atoms with Crippen LogP contribution in [0.5, 0.6) is 0 Å². The Bertz CT molecular complexity index is 669. The molecule has 1 aliphatic rings. The van der Waals surface area contributed by atoms with E-state index in [2.05, 4.69) is 0 Å². The molecule has 1 aromatic carbocycles. The fraction of sp³-hybridized carbons (Fsp3) is 0.333. The van der Waals surface area contributed by atoms with Gasteiger partial charge in [-0.25, -0.2) is 4.79 Å². The van der Waals surface area contributed by atoms with Crippen molar-refractivity contribution in [2.24, 2.45) is 0 Å². The van der Waals surface area contributed by atoms with Gasteiger partial charge in [-0.1, -0.05) is 6.07 Å². The minimum absolute atomic E-state index is 0.0979. The van der Waals surface area contributed by atoms with Gasteiger partial charge < -0.3 is 14.6 Å². The normalized spacial score (nSPS) is 14.9. The predicted molar refractivity (Wildman–Crippen MR) is 74.7 cm³/mol. The zero-order valence-corrected chi connectivity index (χ0v) is 11.1. The molecule has 1 aromatic heterocycles. The van der Waals surface area contributed by atoms with E-state index in [1.165, 1.54) is 0 Å². The van der Waals surface area contributed by atoms with Crippen LogP contribution in [0.3, 0.4) is 0 Å². The van der Waals surface area contributed by atoms with Gasteiger partial charge in [0.2, 0.25) is 5.91 Å². The molecule has 3 rings (SSSR count). The molecule has 20 heavy (non-hydrogen) atoms. The van der Waals surface area contributed by atoms with Crippen molar-refractivity contribution in [3.63, 3.8) is 0 Å². The number of carboxylic acids is 1. The van der Waals surface area contributed by atoms with Gasteiger partial charge in [0.15, 0.2) is 0 Å². The summed E-state index contributed by atoms with van der Waals surface area (Å²) in [6, 6.07) is 6.90. The van der Waals surface area contributed by atoms with Crippen LogP contribution < -0.4 is 0 Å². The lowest BCUT2D eigenvalue weighted by Gasteiger charge is -2.16. The molecule has 0 radical (unpaired) electrons. The average Bonchev–Trinajstić information content (AvgIpc) is 3.08. The summed E-state index contributed by atoms with van der Waals surface area (Å²) >= 11 is 0. The van der Waals surface area contributed by atoms with Gasteiger partial charge >= 0.3 is 5.97 Å². The first-order valence-corrected chi connectivity index (χ1v) is 6.76. The number of amides is 1. The Kier molecular flexibility index (Phi) is 3.18. The molecule has 5 nitrogen and oxygen atoms in total. The van der Waals surface area contributed by atoms with Crippen LogP contribution in [-0.2, 0) is 11.3 Å². The number of rotatable bonds is 3. The highest BCUT2D eigenvalue weighted by molar-refractivity contribution is 6.03. The van der Waals surface area contributed by atoms with Crippen LogP contribution in [0.25, 0.3) is 10.9 Å². The summed E-state index contributed by atoms with van der Waals surface area (Å²) in [5.74, 6) is -0.847. The van der Waals surface area contributed by atoms with E-state index in [0.29, 0.717) is 5.39 Å². The molecule has 2 heterocycles.